The summed E-state index contributed by atoms with van der Waals surface area (Å²) in [5.41, 5.74) is 1.32. The van der Waals surface area contributed by atoms with E-state index in [4.69, 9.17) is 4.42 Å². The molecule has 112 valence electrons. The predicted octanol–water partition coefficient (Wildman–Crippen LogP) is 3.28. The molecule has 0 spiro atoms. The van der Waals surface area contributed by atoms with Crippen molar-refractivity contribution in [3.63, 3.8) is 0 Å². The standard InChI is InChI=1S/C14H13F2NO4/c1-19-13(18)12-9(6-7-20-12)8-17-10-2-4-11(5-3-10)21-14(15)16/h2-7,14,17H,8H2,1H3. The van der Waals surface area contributed by atoms with Crippen LogP contribution in [0.1, 0.15) is 16.1 Å². The Morgan fingerprint density at radius 2 is 2.00 bits per heavy atom. The van der Waals surface area contributed by atoms with Gasteiger partial charge in [0.2, 0.25) is 5.76 Å². The number of anilines is 1. The van der Waals surface area contributed by atoms with Crippen LogP contribution in [0.2, 0.25) is 0 Å². The average molecular weight is 297 g/mol. The number of hydrogen-bond donors (Lipinski definition) is 1. The molecular formula is C14H13F2NO4. The lowest BCUT2D eigenvalue weighted by atomic mass is 10.2. The van der Waals surface area contributed by atoms with Crippen molar-refractivity contribution in [3.05, 3.63) is 47.9 Å². The minimum absolute atomic E-state index is 0.0779. The molecule has 0 bridgehead atoms. The highest BCUT2D eigenvalue weighted by Gasteiger charge is 2.15. The van der Waals surface area contributed by atoms with Crippen molar-refractivity contribution in [1.82, 2.24) is 0 Å². The highest BCUT2D eigenvalue weighted by molar-refractivity contribution is 5.87. The largest absolute Gasteiger partial charge is 0.463 e. The van der Waals surface area contributed by atoms with Gasteiger partial charge in [-0.3, -0.25) is 0 Å². The third-order valence-electron chi connectivity index (χ3n) is 2.68. The van der Waals surface area contributed by atoms with E-state index in [2.05, 4.69) is 14.8 Å². The van der Waals surface area contributed by atoms with Crippen molar-refractivity contribution in [1.29, 1.82) is 0 Å². The number of rotatable bonds is 6. The van der Waals surface area contributed by atoms with Crippen LogP contribution in [0.3, 0.4) is 0 Å². The third kappa shape index (κ3) is 3.95. The fraction of sp³-hybridized carbons (Fsp3) is 0.214. The molecule has 5 nitrogen and oxygen atoms in total. The summed E-state index contributed by atoms with van der Waals surface area (Å²) in [6.45, 7) is -2.52. The second-order valence-corrected chi connectivity index (χ2v) is 4.02. The van der Waals surface area contributed by atoms with Crippen LogP contribution < -0.4 is 10.1 Å². The van der Waals surface area contributed by atoms with E-state index in [0.717, 1.165) is 0 Å². The Hall–Kier alpha value is -2.57. The Kier molecular flexibility index (Phi) is 4.76. The van der Waals surface area contributed by atoms with E-state index in [1.54, 1.807) is 18.2 Å². The monoisotopic (exact) mass is 297 g/mol. The molecule has 0 saturated carbocycles. The number of carbonyl (C=O) groups excluding carboxylic acids is 1. The molecule has 1 heterocycles. The molecule has 0 aliphatic rings. The molecule has 1 aromatic carbocycles. The van der Waals surface area contributed by atoms with Gasteiger partial charge in [0.15, 0.2) is 0 Å². The van der Waals surface area contributed by atoms with Gasteiger partial charge in [-0.1, -0.05) is 0 Å². The van der Waals surface area contributed by atoms with Crippen LogP contribution in [0.25, 0.3) is 0 Å². The Bertz CT molecular complexity index is 595. The highest BCUT2D eigenvalue weighted by atomic mass is 19.3. The maximum atomic E-state index is 12.0. The molecule has 1 N–H and O–H groups in total. The molecule has 2 rings (SSSR count). The number of carbonyl (C=O) groups is 1. The molecule has 0 radical (unpaired) electrons. The minimum Gasteiger partial charge on any atom is -0.463 e. The van der Waals surface area contributed by atoms with Crippen LogP contribution in [-0.2, 0) is 11.3 Å². The summed E-state index contributed by atoms with van der Waals surface area (Å²) in [6.07, 6.45) is 1.39. The first-order chi connectivity index (χ1) is 10.1. The molecule has 0 unspecified atom stereocenters. The van der Waals surface area contributed by atoms with Crippen molar-refractivity contribution in [2.24, 2.45) is 0 Å². The number of methoxy groups -OCH3 is 1. The molecule has 0 fully saturated rings. The summed E-state index contributed by atoms with van der Waals surface area (Å²) < 4.78 is 37.9. The minimum atomic E-state index is -2.85. The van der Waals surface area contributed by atoms with Crippen molar-refractivity contribution in [3.8, 4) is 5.75 Å². The molecule has 0 aliphatic heterocycles. The van der Waals surface area contributed by atoms with E-state index in [9.17, 15) is 13.6 Å². The van der Waals surface area contributed by atoms with Crippen molar-refractivity contribution in [2.45, 2.75) is 13.2 Å². The van der Waals surface area contributed by atoms with E-state index in [1.165, 1.54) is 25.5 Å². The molecule has 7 heteroatoms. The Morgan fingerprint density at radius 3 is 2.62 bits per heavy atom. The summed E-state index contributed by atoms with van der Waals surface area (Å²) in [4.78, 5) is 11.4. The number of benzene rings is 1. The molecular weight excluding hydrogens is 284 g/mol. The first kappa shape index (κ1) is 14.8. The Balaban J connectivity index is 1.97. The van der Waals surface area contributed by atoms with Gasteiger partial charge in [-0.2, -0.15) is 8.78 Å². The van der Waals surface area contributed by atoms with Gasteiger partial charge in [-0.05, 0) is 30.3 Å². The van der Waals surface area contributed by atoms with Crippen LogP contribution in [0.5, 0.6) is 5.75 Å². The zero-order valence-electron chi connectivity index (χ0n) is 11.1. The van der Waals surface area contributed by atoms with Crippen LogP contribution in [0.15, 0.2) is 41.0 Å². The smallest absolute Gasteiger partial charge is 0.387 e. The second-order valence-electron chi connectivity index (χ2n) is 4.02. The van der Waals surface area contributed by atoms with Crippen LogP contribution >= 0.6 is 0 Å². The molecule has 2 aromatic rings. The van der Waals surface area contributed by atoms with Crippen molar-refractivity contribution in [2.75, 3.05) is 12.4 Å². The van der Waals surface area contributed by atoms with Gasteiger partial charge in [0.1, 0.15) is 5.75 Å². The van der Waals surface area contributed by atoms with Gasteiger partial charge in [-0.15, -0.1) is 0 Å². The van der Waals surface area contributed by atoms with Crippen LogP contribution in [0.4, 0.5) is 14.5 Å². The van der Waals surface area contributed by atoms with E-state index < -0.39 is 12.6 Å². The molecule has 21 heavy (non-hydrogen) atoms. The summed E-state index contributed by atoms with van der Waals surface area (Å²) in [7, 11) is 1.27. The number of hydrogen-bond acceptors (Lipinski definition) is 5. The lowest BCUT2D eigenvalue weighted by molar-refractivity contribution is -0.0498. The average Bonchev–Trinajstić information content (AvgIpc) is 2.93. The fourth-order valence-electron chi connectivity index (χ4n) is 1.70. The maximum Gasteiger partial charge on any atom is 0.387 e. The van der Waals surface area contributed by atoms with Gasteiger partial charge in [0, 0.05) is 17.8 Å². The van der Waals surface area contributed by atoms with Crippen molar-refractivity contribution < 1.29 is 27.5 Å². The number of halogens is 2. The lowest BCUT2D eigenvalue weighted by Gasteiger charge is -2.08. The molecule has 0 saturated heterocycles. The third-order valence-corrected chi connectivity index (χ3v) is 2.68. The quantitative estimate of drug-likeness (QED) is 0.829. The SMILES string of the molecule is COC(=O)c1occc1CNc1ccc(OC(F)F)cc1. The summed E-state index contributed by atoms with van der Waals surface area (Å²) >= 11 is 0. The van der Waals surface area contributed by atoms with Crippen LogP contribution in [0, 0.1) is 0 Å². The fourth-order valence-corrected chi connectivity index (χ4v) is 1.70. The van der Waals surface area contributed by atoms with E-state index >= 15 is 0 Å². The first-order valence-corrected chi connectivity index (χ1v) is 6.03. The summed E-state index contributed by atoms with van der Waals surface area (Å²) in [6, 6.07) is 7.68. The number of alkyl halides is 2. The van der Waals surface area contributed by atoms with E-state index in [-0.39, 0.29) is 11.5 Å². The van der Waals surface area contributed by atoms with Gasteiger partial charge in [0.05, 0.1) is 13.4 Å². The highest BCUT2D eigenvalue weighted by Crippen LogP contribution is 2.19. The number of esters is 1. The lowest BCUT2D eigenvalue weighted by Crippen LogP contribution is -2.07. The first-order valence-electron chi connectivity index (χ1n) is 6.03. The van der Waals surface area contributed by atoms with Crippen molar-refractivity contribution >= 4 is 11.7 Å². The van der Waals surface area contributed by atoms with Crippen LogP contribution in [-0.4, -0.2) is 19.7 Å². The van der Waals surface area contributed by atoms with Gasteiger partial charge in [0.25, 0.3) is 0 Å². The van der Waals surface area contributed by atoms with Gasteiger partial charge >= 0.3 is 12.6 Å². The molecule has 0 aliphatic carbocycles. The Labute approximate surface area is 119 Å². The zero-order chi connectivity index (χ0) is 15.2. The second kappa shape index (κ2) is 6.74. The number of nitrogens with one attached hydrogen (secondary N) is 1. The Morgan fingerprint density at radius 1 is 1.29 bits per heavy atom. The van der Waals surface area contributed by atoms with E-state index in [0.29, 0.717) is 17.8 Å². The number of ether oxygens (including phenoxy) is 2. The molecule has 0 atom stereocenters. The maximum absolute atomic E-state index is 12.0. The van der Waals surface area contributed by atoms with Gasteiger partial charge < -0.3 is 19.2 Å². The predicted molar refractivity (Wildman–Crippen MR) is 70.4 cm³/mol. The summed E-state index contributed by atoms with van der Waals surface area (Å²) in [5.74, 6) is -0.353. The van der Waals surface area contributed by atoms with Gasteiger partial charge in [-0.25, -0.2) is 4.79 Å². The zero-order valence-corrected chi connectivity index (χ0v) is 11.1. The van der Waals surface area contributed by atoms with E-state index in [1.807, 2.05) is 0 Å². The normalized spacial score (nSPS) is 10.5. The summed E-state index contributed by atoms with van der Waals surface area (Å²) in [5, 5.41) is 3.04. The molecule has 1 aromatic heterocycles. The topological polar surface area (TPSA) is 60.7 Å². The number of furan rings is 1. The molecule has 0 amide bonds.